The highest BCUT2D eigenvalue weighted by molar-refractivity contribution is 6.07. The van der Waals surface area contributed by atoms with Gasteiger partial charge >= 0.3 is 11.7 Å². The number of carbonyl (C=O) groups is 2. The minimum atomic E-state index is -1.55. The van der Waals surface area contributed by atoms with Crippen LogP contribution >= 0.6 is 0 Å². The Morgan fingerprint density at radius 3 is 2.68 bits per heavy atom. The van der Waals surface area contributed by atoms with Gasteiger partial charge in [-0.3, -0.25) is 14.6 Å². The smallest absolute Gasteiger partial charge is 0.417 e. The van der Waals surface area contributed by atoms with Crippen molar-refractivity contribution in [3.8, 4) is 0 Å². The molecule has 2 rings (SSSR count). The number of nitrogens with one attached hydrogen (secondary N) is 2. The van der Waals surface area contributed by atoms with E-state index in [1.165, 1.54) is 19.9 Å². The van der Waals surface area contributed by atoms with Gasteiger partial charge in [-0.15, -0.1) is 0 Å². The fraction of sp³-hybridized carbons (Fsp3) is 0.250. The van der Waals surface area contributed by atoms with Gasteiger partial charge in [0.05, 0.1) is 5.52 Å². The van der Waals surface area contributed by atoms with Crippen LogP contribution in [-0.2, 0) is 9.59 Å². The van der Waals surface area contributed by atoms with E-state index >= 15 is 0 Å². The number of anilines is 1. The molecule has 1 aromatic carbocycles. The highest BCUT2D eigenvalue weighted by Crippen LogP contribution is 2.21. The molecule has 1 aromatic heterocycles. The van der Waals surface area contributed by atoms with Crippen LogP contribution in [0.4, 0.5) is 5.69 Å². The van der Waals surface area contributed by atoms with Gasteiger partial charge in [-0.2, -0.15) is 0 Å². The molecule has 0 unspecified atom stereocenters. The Balaban J connectivity index is 2.28. The number of rotatable bonds is 3. The van der Waals surface area contributed by atoms with Gasteiger partial charge in [0.1, 0.15) is 5.41 Å². The van der Waals surface area contributed by atoms with Crippen molar-refractivity contribution < 1.29 is 19.1 Å². The molecule has 1 amide bonds. The standard InChI is InChI=1S/C12H12N2O5/c1-12(2,10(16)17)9(15)13-6-3-4-7-8(5-6)19-11(18)14-7/h3-5H,1-2H3,(H,13,15)(H,14,18)(H,16,17). The summed E-state index contributed by atoms with van der Waals surface area (Å²) in [5.41, 5.74) is -0.403. The van der Waals surface area contributed by atoms with Crippen LogP contribution in [0.5, 0.6) is 0 Å². The van der Waals surface area contributed by atoms with Crippen molar-refractivity contribution in [2.45, 2.75) is 13.8 Å². The minimum Gasteiger partial charge on any atom is -0.480 e. The fourth-order valence-corrected chi connectivity index (χ4v) is 1.41. The number of aromatic amines is 1. The zero-order valence-electron chi connectivity index (χ0n) is 10.3. The molecule has 0 saturated carbocycles. The maximum Gasteiger partial charge on any atom is 0.417 e. The first-order valence-corrected chi connectivity index (χ1v) is 5.48. The number of fused-ring (bicyclic) bond motifs is 1. The molecule has 19 heavy (non-hydrogen) atoms. The summed E-state index contributed by atoms with van der Waals surface area (Å²) in [6.45, 7) is 2.61. The summed E-state index contributed by atoms with van der Waals surface area (Å²) in [6, 6.07) is 4.55. The van der Waals surface area contributed by atoms with Crippen LogP contribution in [-0.4, -0.2) is 22.0 Å². The lowest BCUT2D eigenvalue weighted by molar-refractivity contribution is -0.151. The van der Waals surface area contributed by atoms with E-state index in [1.54, 1.807) is 12.1 Å². The second-order valence-corrected chi connectivity index (χ2v) is 4.61. The van der Waals surface area contributed by atoms with E-state index in [2.05, 4.69) is 10.3 Å². The molecule has 0 aliphatic carbocycles. The van der Waals surface area contributed by atoms with Gasteiger partial charge in [0.15, 0.2) is 5.58 Å². The normalized spacial score (nSPS) is 11.5. The van der Waals surface area contributed by atoms with E-state index in [9.17, 15) is 14.4 Å². The van der Waals surface area contributed by atoms with Crippen LogP contribution in [0.25, 0.3) is 11.1 Å². The Morgan fingerprint density at radius 1 is 1.37 bits per heavy atom. The van der Waals surface area contributed by atoms with Gasteiger partial charge in [0.25, 0.3) is 0 Å². The Kier molecular flexibility index (Phi) is 2.89. The lowest BCUT2D eigenvalue weighted by Crippen LogP contribution is -2.37. The number of H-pyrrole nitrogens is 1. The molecule has 7 heteroatoms. The highest BCUT2D eigenvalue weighted by Gasteiger charge is 2.36. The Hall–Kier alpha value is -2.57. The van der Waals surface area contributed by atoms with E-state index in [1.807, 2.05) is 0 Å². The van der Waals surface area contributed by atoms with Crippen LogP contribution in [0, 0.1) is 5.41 Å². The fourth-order valence-electron chi connectivity index (χ4n) is 1.41. The van der Waals surface area contributed by atoms with Gasteiger partial charge in [0.2, 0.25) is 5.91 Å². The summed E-state index contributed by atoms with van der Waals surface area (Å²) in [5.74, 6) is -2.47. The molecular formula is C12H12N2O5. The number of aliphatic carboxylic acids is 1. The molecule has 2 aromatic rings. The highest BCUT2D eigenvalue weighted by atomic mass is 16.4. The Morgan fingerprint density at radius 2 is 2.05 bits per heavy atom. The summed E-state index contributed by atoms with van der Waals surface area (Å²) >= 11 is 0. The molecule has 3 N–H and O–H groups in total. The van der Waals surface area contributed by atoms with Crippen LogP contribution in [0.15, 0.2) is 27.4 Å². The van der Waals surface area contributed by atoms with Crippen molar-refractivity contribution in [1.82, 2.24) is 4.98 Å². The lowest BCUT2D eigenvalue weighted by Gasteiger charge is -2.18. The van der Waals surface area contributed by atoms with Gasteiger partial charge < -0.3 is 14.8 Å². The molecule has 0 saturated heterocycles. The molecule has 0 fully saturated rings. The summed E-state index contributed by atoms with van der Waals surface area (Å²) in [5, 5.41) is 11.4. The van der Waals surface area contributed by atoms with Crippen LogP contribution in [0.1, 0.15) is 13.8 Å². The largest absolute Gasteiger partial charge is 0.480 e. The number of hydrogen-bond acceptors (Lipinski definition) is 4. The van der Waals surface area contributed by atoms with Crippen LogP contribution in [0.3, 0.4) is 0 Å². The predicted molar refractivity (Wildman–Crippen MR) is 66.9 cm³/mol. The van der Waals surface area contributed by atoms with Crippen molar-refractivity contribution in [1.29, 1.82) is 0 Å². The van der Waals surface area contributed by atoms with Gasteiger partial charge in [-0.05, 0) is 26.0 Å². The van der Waals surface area contributed by atoms with E-state index in [-0.39, 0.29) is 5.58 Å². The third-order valence-electron chi connectivity index (χ3n) is 2.78. The zero-order valence-corrected chi connectivity index (χ0v) is 10.3. The van der Waals surface area contributed by atoms with E-state index in [0.717, 1.165) is 0 Å². The SMILES string of the molecule is CC(C)(C(=O)O)C(=O)Nc1ccc2[nH]c(=O)oc2c1. The quantitative estimate of drug-likeness (QED) is 0.720. The van der Waals surface area contributed by atoms with Gasteiger partial charge in [-0.1, -0.05) is 0 Å². The van der Waals surface area contributed by atoms with Crippen molar-refractivity contribution in [3.05, 3.63) is 28.7 Å². The summed E-state index contributed by atoms with van der Waals surface area (Å²) in [7, 11) is 0. The number of hydrogen-bond donors (Lipinski definition) is 3. The average molecular weight is 264 g/mol. The predicted octanol–water partition coefficient (Wildman–Crippen LogP) is 1.17. The minimum absolute atomic E-state index is 0.288. The van der Waals surface area contributed by atoms with E-state index < -0.39 is 23.0 Å². The second-order valence-electron chi connectivity index (χ2n) is 4.61. The number of carbonyl (C=O) groups excluding carboxylic acids is 1. The number of carboxylic acids is 1. The molecular weight excluding hydrogens is 252 g/mol. The molecule has 0 spiro atoms. The number of amides is 1. The van der Waals surface area contributed by atoms with Crippen molar-refractivity contribution in [3.63, 3.8) is 0 Å². The Bertz CT molecular complexity index is 710. The summed E-state index contributed by atoms with van der Waals surface area (Å²) in [6.07, 6.45) is 0. The van der Waals surface area contributed by atoms with Crippen LogP contribution < -0.4 is 11.1 Å². The first-order chi connectivity index (χ1) is 8.80. The lowest BCUT2D eigenvalue weighted by atomic mass is 9.92. The third-order valence-corrected chi connectivity index (χ3v) is 2.78. The van der Waals surface area contributed by atoms with Crippen LogP contribution in [0.2, 0.25) is 0 Å². The molecule has 7 nitrogen and oxygen atoms in total. The number of aromatic nitrogens is 1. The van der Waals surface area contributed by atoms with Crippen molar-refractivity contribution in [2.75, 3.05) is 5.32 Å². The topological polar surface area (TPSA) is 112 Å². The Labute approximate surface area is 107 Å². The molecule has 0 aliphatic heterocycles. The summed E-state index contributed by atoms with van der Waals surface area (Å²) in [4.78, 5) is 36.2. The zero-order chi connectivity index (χ0) is 14.2. The van der Waals surface area contributed by atoms with Gasteiger partial charge in [0, 0.05) is 11.8 Å². The third kappa shape index (κ3) is 2.35. The number of benzene rings is 1. The van der Waals surface area contributed by atoms with E-state index in [0.29, 0.717) is 11.2 Å². The first kappa shape index (κ1) is 12.9. The monoisotopic (exact) mass is 264 g/mol. The van der Waals surface area contributed by atoms with Crippen molar-refractivity contribution >= 4 is 28.7 Å². The van der Waals surface area contributed by atoms with E-state index in [4.69, 9.17) is 9.52 Å². The maximum absolute atomic E-state index is 11.8. The average Bonchev–Trinajstić information content (AvgIpc) is 2.68. The first-order valence-electron chi connectivity index (χ1n) is 5.48. The second kappa shape index (κ2) is 4.27. The molecule has 100 valence electrons. The molecule has 1 heterocycles. The van der Waals surface area contributed by atoms with Gasteiger partial charge in [-0.25, -0.2) is 4.79 Å². The number of carboxylic acid groups (broad SMARTS) is 1. The maximum atomic E-state index is 11.8. The summed E-state index contributed by atoms with van der Waals surface area (Å²) < 4.78 is 4.84. The molecule has 0 bridgehead atoms. The molecule has 0 atom stereocenters. The van der Waals surface area contributed by atoms with Crippen molar-refractivity contribution in [2.24, 2.45) is 5.41 Å². The molecule has 0 aliphatic rings. The number of oxazole rings is 1. The molecule has 0 radical (unpaired) electrons.